The molecule has 1 N–H and O–H groups in total. The van der Waals surface area contributed by atoms with Gasteiger partial charge in [-0.2, -0.15) is 0 Å². The Morgan fingerprint density at radius 3 is 2.70 bits per heavy atom. The summed E-state index contributed by atoms with van der Waals surface area (Å²) in [6, 6.07) is 1.63. The number of rotatable bonds is 5. The molecular formula is C17H23N3O3. The van der Waals surface area contributed by atoms with Crippen molar-refractivity contribution in [2.75, 3.05) is 13.7 Å². The molecule has 2 aromatic heterocycles. The van der Waals surface area contributed by atoms with E-state index in [9.17, 15) is 9.90 Å². The van der Waals surface area contributed by atoms with Crippen LogP contribution in [0.1, 0.15) is 67.2 Å². The Labute approximate surface area is 135 Å². The normalized spacial score (nSPS) is 16.1. The maximum absolute atomic E-state index is 12.9. The number of hydrogen-bond donors (Lipinski definition) is 1. The van der Waals surface area contributed by atoms with E-state index >= 15 is 0 Å². The van der Waals surface area contributed by atoms with Crippen LogP contribution in [-0.2, 0) is 0 Å². The summed E-state index contributed by atoms with van der Waals surface area (Å²) in [5.74, 6) is 0.419. The maximum Gasteiger partial charge on any atom is 0.259 e. The first-order valence-electron chi connectivity index (χ1n) is 8.12. The molecule has 6 nitrogen and oxygen atoms in total. The van der Waals surface area contributed by atoms with Crippen molar-refractivity contribution in [2.24, 2.45) is 0 Å². The highest BCUT2D eigenvalue weighted by molar-refractivity contribution is 6.06. The average molecular weight is 317 g/mol. The minimum atomic E-state index is -0.252. The number of carbonyl (C=O) groups is 1. The van der Waals surface area contributed by atoms with E-state index in [4.69, 9.17) is 4.52 Å². The van der Waals surface area contributed by atoms with Crippen LogP contribution in [0.4, 0.5) is 0 Å². The van der Waals surface area contributed by atoms with Gasteiger partial charge in [0, 0.05) is 18.7 Å². The molecule has 2 aromatic rings. The van der Waals surface area contributed by atoms with E-state index in [1.54, 1.807) is 11.9 Å². The first-order chi connectivity index (χ1) is 10.9. The van der Waals surface area contributed by atoms with Gasteiger partial charge in [0.2, 0.25) is 0 Å². The predicted molar refractivity (Wildman–Crippen MR) is 86.5 cm³/mol. The summed E-state index contributed by atoms with van der Waals surface area (Å²) in [7, 11) is 1.70. The number of fused-ring (bicyclic) bond motifs is 1. The molecule has 0 radical (unpaired) electrons. The lowest BCUT2D eigenvalue weighted by Crippen LogP contribution is -2.37. The summed E-state index contributed by atoms with van der Waals surface area (Å²) in [6.07, 6.45) is 2.19. The van der Waals surface area contributed by atoms with E-state index < -0.39 is 0 Å². The molecule has 3 rings (SSSR count). The van der Waals surface area contributed by atoms with Crippen LogP contribution < -0.4 is 0 Å². The fraction of sp³-hybridized carbons (Fsp3) is 0.588. The molecule has 0 bridgehead atoms. The van der Waals surface area contributed by atoms with Crippen LogP contribution in [0.15, 0.2) is 10.6 Å². The van der Waals surface area contributed by atoms with Crippen molar-refractivity contribution in [1.29, 1.82) is 0 Å². The second kappa shape index (κ2) is 5.92. The van der Waals surface area contributed by atoms with Crippen LogP contribution in [0, 0.1) is 0 Å². The van der Waals surface area contributed by atoms with Gasteiger partial charge in [0.25, 0.3) is 11.6 Å². The maximum atomic E-state index is 12.9. The van der Waals surface area contributed by atoms with Gasteiger partial charge in [0.05, 0.1) is 29.3 Å². The van der Waals surface area contributed by atoms with Crippen LogP contribution in [0.5, 0.6) is 0 Å². The van der Waals surface area contributed by atoms with Gasteiger partial charge in [0.15, 0.2) is 0 Å². The molecule has 1 atom stereocenters. The van der Waals surface area contributed by atoms with Crippen LogP contribution in [0.2, 0.25) is 0 Å². The first-order valence-corrected chi connectivity index (χ1v) is 8.12. The summed E-state index contributed by atoms with van der Waals surface area (Å²) < 4.78 is 5.41. The zero-order chi connectivity index (χ0) is 16.7. The van der Waals surface area contributed by atoms with Gasteiger partial charge in [-0.05, 0) is 31.7 Å². The van der Waals surface area contributed by atoms with Crippen LogP contribution in [0.3, 0.4) is 0 Å². The number of pyridine rings is 1. The zero-order valence-electron chi connectivity index (χ0n) is 14.0. The molecule has 0 aliphatic heterocycles. The lowest BCUT2D eigenvalue weighted by molar-refractivity contribution is 0.0684. The van der Waals surface area contributed by atoms with Crippen LogP contribution in [-0.4, -0.2) is 45.8 Å². The highest BCUT2D eigenvalue weighted by Crippen LogP contribution is 2.41. The summed E-state index contributed by atoms with van der Waals surface area (Å²) in [6.45, 7) is 5.77. The topological polar surface area (TPSA) is 79.5 Å². The lowest BCUT2D eigenvalue weighted by Gasteiger charge is -2.23. The van der Waals surface area contributed by atoms with Gasteiger partial charge < -0.3 is 14.5 Å². The second-order valence-corrected chi connectivity index (χ2v) is 6.72. The van der Waals surface area contributed by atoms with Crippen molar-refractivity contribution in [3.05, 3.63) is 23.0 Å². The standard InChI is InChI=1S/C17H23N3O3/c1-9(2)15-14-12(17(22)20(4)10(3)8-21)7-13(11-5-6-11)18-16(14)23-19-15/h7,9-11,21H,5-6,8H2,1-4H3. The molecule has 0 aromatic carbocycles. The van der Waals surface area contributed by atoms with Gasteiger partial charge in [-0.3, -0.25) is 4.79 Å². The molecule has 124 valence electrons. The molecule has 0 spiro atoms. The Balaban J connectivity index is 2.15. The Bertz CT molecular complexity index is 734. The van der Waals surface area contributed by atoms with E-state index in [1.165, 1.54) is 0 Å². The molecule has 1 fully saturated rings. The fourth-order valence-electron chi connectivity index (χ4n) is 2.66. The molecule has 23 heavy (non-hydrogen) atoms. The molecule has 1 aliphatic carbocycles. The summed E-state index contributed by atoms with van der Waals surface area (Å²) >= 11 is 0. The molecule has 1 saturated carbocycles. The molecule has 1 aliphatic rings. The predicted octanol–water partition coefficient (Wildman–Crippen LogP) is 2.68. The van der Waals surface area contributed by atoms with Crippen molar-refractivity contribution >= 4 is 17.0 Å². The van der Waals surface area contributed by atoms with E-state index in [-0.39, 0.29) is 24.5 Å². The highest BCUT2D eigenvalue weighted by Gasteiger charge is 2.30. The monoisotopic (exact) mass is 317 g/mol. The molecular weight excluding hydrogens is 294 g/mol. The number of amides is 1. The highest BCUT2D eigenvalue weighted by atomic mass is 16.5. The van der Waals surface area contributed by atoms with Crippen molar-refractivity contribution in [3.8, 4) is 0 Å². The van der Waals surface area contributed by atoms with Gasteiger partial charge in [-0.1, -0.05) is 19.0 Å². The summed E-state index contributed by atoms with van der Waals surface area (Å²) in [4.78, 5) is 19.1. The van der Waals surface area contributed by atoms with E-state index in [1.807, 2.05) is 26.8 Å². The number of hydrogen-bond acceptors (Lipinski definition) is 5. The van der Waals surface area contributed by atoms with E-state index in [0.717, 1.165) is 24.2 Å². The molecule has 2 heterocycles. The zero-order valence-corrected chi connectivity index (χ0v) is 14.0. The largest absolute Gasteiger partial charge is 0.394 e. The summed E-state index contributed by atoms with van der Waals surface area (Å²) in [5, 5.41) is 14.2. The lowest BCUT2D eigenvalue weighted by atomic mass is 10.0. The van der Waals surface area contributed by atoms with Crippen LogP contribution in [0.25, 0.3) is 11.1 Å². The Hall–Kier alpha value is -1.95. The van der Waals surface area contributed by atoms with Crippen molar-refractivity contribution in [1.82, 2.24) is 15.0 Å². The van der Waals surface area contributed by atoms with E-state index in [2.05, 4.69) is 10.1 Å². The third-order valence-corrected chi connectivity index (χ3v) is 4.51. The van der Waals surface area contributed by atoms with Crippen LogP contribution >= 0.6 is 0 Å². The number of aliphatic hydroxyl groups is 1. The number of carbonyl (C=O) groups excluding carboxylic acids is 1. The van der Waals surface area contributed by atoms with Crippen molar-refractivity contribution in [2.45, 2.75) is 51.5 Å². The smallest absolute Gasteiger partial charge is 0.259 e. The molecule has 1 unspecified atom stereocenters. The number of nitrogens with zero attached hydrogens (tertiary/aromatic N) is 3. The minimum absolute atomic E-state index is 0.0768. The van der Waals surface area contributed by atoms with Gasteiger partial charge in [-0.15, -0.1) is 0 Å². The van der Waals surface area contributed by atoms with E-state index in [0.29, 0.717) is 22.6 Å². The van der Waals surface area contributed by atoms with Gasteiger partial charge in [0.1, 0.15) is 0 Å². The number of aromatic nitrogens is 2. The van der Waals surface area contributed by atoms with Crippen molar-refractivity contribution < 1.29 is 14.4 Å². The Kier molecular flexibility index (Phi) is 4.10. The molecule has 1 amide bonds. The fourth-order valence-corrected chi connectivity index (χ4v) is 2.66. The third kappa shape index (κ3) is 2.83. The Morgan fingerprint density at radius 2 is 2.13 bits per heavy atom. The third-order valence-electron chi connectivity index (χ3n) is 4.51. The second-order valence-electron chi connectivity index (χ2n) is 6.72. The number of aliphatic hydroxyl groups excluding tert-OH is 1. The average Bonchev–Trinajstić information content (AvgIpc) is 3.30. The summed E-state index contributed by atoms with van der Waals surface area (Å²) in [5.41, 5.74) is 2.66. The Morgan fingerprint density at radius 1 is 1.43 bits per heavy atom. The van der Waals surface area contributed by atoms with Crippen molar-refractivity contribution in [3.63, 3.8) is 0 Å². The molecule has 0 saturated heterocycles. The van der Waals surface area contributed by atoms with Gasteiger partial charge in [-0.25, -0.2) is 4.98 Å². The minimum Gasteiger partial charge on any atom is -0.394 e. The first kappa shape index (κ1) is 15.9. The number of likely N-dealkylation sites (N-methyl/N-ethyl adjacent to an activating group) is 1. The SMILES string of the molecule is CC(C)c1noc2nc(C3CC3)cc(C(=O)N(C)C(C)CO)c12. The molecule has 6 heteroatoms. The van der Waals surface area contributed by atoms with Gasteiger partial charge >= 0.3 is 0 Å². The quantitative estimate of drug-likeness (QED) is 0.917.